The average Bonchev–Trinajstić information content (AvgIpc) is 3.26. The van der Waals surface area contributed by atoms with E-state index in [1.165, 1.54) is 72.8 Å². The molecule has 0 aliphatic carbocycles. The van der Waals surface area contributed by atoms with E-state index < -0.39 is 75.9 Å². The van der Waals surface area contributed by atoms with Crippen LogP contribution < -0.4 is 21.2 Å². The van der Waals surface area contributed by atoms with Crippen molar-refractivity contribution in [3.63, 3.8) is 0 Å². The second-order valence-corrected chi connectivity index (χ2v) is 24.4. The van der Waals surface area contributed by atoms with Crippen molar-refractivity contribution >= 4 is 99.1 Å². The van der Waals surface area contributed by atoms with E-state index in [1.54, 1.807) is 24.3 Å². The van der Waals surface area contributed by atoms with Gasteiger partial charge >= 0.3 is 0 Å². The summed E-state index contributed by atoms with van der Waals surface area (Å²) in [5, 5.41) is 3.47. The molecule has 0 heterocycles. The Morgan fingerprint density at radius 2 is 0.562 bits per heavy atom. The third-order valence-corrected chi connectivity index (χ3v) is 20.1. The lowest BCUT2D eigenvalue weighted by molar-refractivity contribution is 0.481. The molecular weight excluding hydrogens is 935 g/mol. The Hall–Kier alpha value is -5.22. The summed E-state index contributed by atoms with van der Waals surface area (Å²) < 4.78 is 146. The molecule has 12 nitrogen and oxygen atoms in total. The van der Waals surface area contributed by atoms with E-state index in [1.807, 2.05) is 72.8 Å². The molecule has 326 valence electrons. The number of hydrogen-bond acceptors (Lipinski definition) is 8. The fourth-order valence-electron chi connectivity index (χ4n) is 8.02. The molecule has 0 aromatic heterocycles. The van der Waals surface area contributed by atoms with Crippen LogP contribution in [-0.2, 0) is 52.8 Å². The van der Waals surface area contributed by atoms with Gasteiger partial charge in [0.1, 0.15) is 19.6 Å². The molecule has 4 N–H and O–H groups in total. The molecule has 18 heteroatoms. The Morgan fingerprint density at radius 3 is 0.844 bits per heavy atom. The molecular formula is C46H36O12P2S4. The largest absolute Gasteiger partial charge is 0.295 e. The highest BCUT2D eigenvalue weighted by atomic mass is 32.2. The monoisotopic (exact) mass is 970 g/mol. The van der Waals surface area contributed by atoms with E-state index in [2.05, 4.69) is 0 Å². The van der Waals surface area contributed by atoms with Crippen molar-refractivity contribution in [1.82, 2.24) is 0 Å². The van der Waals surface area contributed by atoms with Crippen LogP contribution in [0.5, 0.6) is 0 Å². The summed E-state index contributed by atoms with van der Waals surface area (Å²) in [4.78, 5) is -1.78. The van der Waals surface area contributed by atoms with Crippen LogP contribution in [0.3, 0.4) is 0 Å². The number of rotatable bonds is 13. The molecule has 0 saturated heterocycles. The first kappa shape index (κ1) is 45.4. The van der Waals surface area contributed by atoms with Crippen molar-refractivity contribution in [3.8, 4) is 11.1 Å². The quantitative estimate of drug-likeness (QED) is 0.0640. The van der Waals surface area contributed by atoms with Gasteiger partial charge in [0.2, 0.25) is 0 Å². The molecule has 0 fully saturated rings. The van der Waals surface area contributed by atoms with Crippen LogP contribution in [-0.4, -0.2) is 51.9 Å². The van der Waals surface area contributed by atoms with Gasteiger partial charge in [-0.25, -0.2) is 0 Å². The van der Waals surface area contributed by atoms with Gasteiger partial charge in [0.25, 0.3) is 40.5 Å². The Bertz CT molecular complexity index is 3210. The van der Waals surface area contributed by atoms with Gasteiger partial charge in [-0.15, -0.1) is 0 Å². The zero-order valence-electron chi connectivity index (χ0n) is 33.2. The molecule has 0 bridgehead atoms. The zero-order chi connectivity index (χ0) is 45.6. The average molecular weight is 971 g/mol. The van der Waals surface area contributed by atoms with Crippen molar-refractivity contribution in [2.75, 3.05) is 0 Å². The highest BCUT2D eigenvalue weighted by molar-refractivity contribution is 7.89. The highest BCUT2D eigenvalue weighted by Gasteiger charge is 2.32. The zero-order valence-corrected chi connectivity index (χ0v) is 38.2. The van der Waals surface area contributed by atoms with Crippen LogP contribution in [0.2, 0.25) is 0 Å². The van der Waals surface area contributed by atoms with Gasteiger partial charge in [-0.05, 0) is 83.9 Å². The van der Waals surface area contributed by atoms with Gasteiger partial charge in [-0.3, -0.25) is 18.2 Å². The van der Waals surface area contributed by atoms with Crippen molar-refractivity contribution in [2.24, 2.45) is 0 Å². The molecule has 0 radical (unpaired) electrons. The Kier molecular flexibility index (Phi) is 12.5. The summed E-state index contributed by atoms with van der Waals surface area (Å²) in [5.41, 5.74) is 2.46. The van der Waals surface area contributed by atoms with Crippen LogP contribution in [0, 0.1) is 0 Å². The first-order valence-corrected chi connectivity index (χ1v) is 28.0. The van der Waals surface area contributed by atoms with Gasteiger partial charge in [0.05, 0.1) is 0 Å². The maximum absolute atomic E-state index is 13.0. The topological polar surface area (TPSA) is 217 Å². The Labute approximate surface area is 372 Å². The molecule has 0 spiro atoms. The predicted molar refractivity (Wildman–Crippen MR) is 252 cm³/mol. The lowest BCUT2D eigenvalue weighted by Gasteiger charge is -2.27. The SMILES string of the molecule is O=S(=O)(O)c1ccccc1P(Cc1ccc2ccccc2c1-c1c(CP(c2ccccc2S(=O)(=O)O)c2ccccc2S(=O)(=O)O)ccc2ccccc12)c1ccccc1S(=O)(=O)O. The minimum atomic E-state index is -4.87. The van der Waals surface area contributed by atoms with Gasteiger partial charge in [-0.1, -0.05) is 146 Å². The third-order valence-electron chi connectivity index (χ3n) is 10.7. The van der Waals surface area contributed by atoms with Crippen LogP contribution in [0.1, 0.15) is 11.1 Å². The Balaban J connectivity index is 1.46. The van der Waals surface area contributed by atoms with Crippen LogP contribution in [0.25, 0.3) is 32.7 Å². The number of fused-ring (bicyclic) bond motifs is 2. The smallest absolute Gasteiger partial charge is 0.282 e. The minimum absolute atomic E-state index is 0.0385. The van der Waals surface area contributed by atoms with E-state index in [0.717, 1.165) is 21.5 Å². The second-order valence-electron chi connectivity index (χ2n) is 14.6. The summed E-state index contributed by atoms with van der Waals surface area (Å²) in [6.45, 7) is 0. The summed E-state index contributed by atoms with van der Waals surface area (Å²) in [6.07, 6.45) is -0.0770. The van der Waals surface area contributed by atoms with Crippen LogP contribution >= 0.6 is 15.8 Å². The van der Waals surface area contributed by atoms with Gasteiger partial charge in [0.15, 0.2) is 0 Å². The molecule has 0 atom stereocenters. The second kappa shape index (κ2) is 17.6. The van der Waals surface area contributed by atoms with Crippen LogP contribution in [0.15, 0.2) is 189 Å². The third kappa shape index (κ3) is 9.17. The van der Waals surface area contributed by atoms with E-state index in [4.69, 9.17) is 0 Å². The normalized spacial score (nSPS) is 12.7. The molecule has 0 aliphatic rings. The molecule has 0 unspecified atom stereocenters. The molecule has 8 aromatic rings. The van der Waals surface area contributed by atoms with Crippen molar-refractivity contribution in [3.05, 3.63) is 181 Å². The van der Waals surface area contributed by atoms with Gasteiger partial charge < -0.3 is 0 Å². The predicted octanol–water partition coefficient (Wildman–Crippen LogP) is 7.91. The van der Waals surface area contributed by atoms with E-state index in [-0.39, 0.29) is 33.5 Å². The van der Waals surface area contributed by atoms with Crippen molar-refractivity contribution in [1.29, 1.82) is 0 Å². The summed E-state index contributed by atoms with van der Waals surface area (Å²) in [7, 11) is -23.7. The first-order chi connectivity index (χ1) is 30.3. The molecule has 0 aliphatic heterocycles. The lowest BCUT2D eigenvalue weighted by atomic mass is 9.88. The van der Waals surface area contributed by atoms with E-state index >= 15 is 0 Å². The molecule has 64 heavy (non-hydrogen) atoms. The van der Waals surface area contributed by atoms with Gasteiger partial charge in [-0.2, -0.15) is 33.7 Å². The minimum Gasteiger partial charge on any atom is -0.282 e. The van der Waals surface area contributed by atoms with Crippen molar-refractivity contribution < 1.29 is 51.9 Å². The Morgan fingerprint density at radius 1 is 0.312 bits per heavy atom. The lowest BCUT2D eigenvalue weighted by Crippen LogP contribution is -2.24. The summed E-state index contributed by atoms with van der Waals surface area (Å²) in [5.74, 6) is 0. The first-order valence-electron chi connectivity index (χ1n) is 19.1. The van der Waals surface area contributed by atoms with Crippen LogP contribution in [0.4, 0.5) is 0 Å². The summed E-state index contributed by atoms with van der Waals surface area (Å²) >= 11 is 0. The summed E-state index contributed by atoms with van der Waals surface area (Å²) in [6, 6.07) is 45.2. The highest BCUT2D eigenvalue weighted by Crippen LogP contribution is 2.50. The molecule has 0 saturated carbocycles. The molecule has 8 aromatic carbocycles. The maximum atomic E-state index is 13.0. The van der Waals surface area contributed by atoms with Crippen molar-refractivity contribution in [2.45, 2.75) is 31.9 Å². The van der Waals surface area contributed by atoms with Gasteiger partial charge in [0, 0.05) is 33.5 Å². The standard InChI is InChI=1S/C46H36O12P2S4/c47-61(48,49)41-21-9-5-17-37(41)59(38-18-6-10-22-42(38)62(50,51)52)29-33-27-25-31-13-1-3-15-35(31)45(33)46-34(28-26-32-14-2-4-16-36(32)46)30-60(39-19-7-11-23-43(39)63(53,54)55)40-20-8-12-24-44(40)64(56,57)58/h1-28H,29-30H2,(H,47,48,49)(H,50,51,52)(H,53,54,55)(H,56,57,58). The van der Waals surface area contributed by atoms with E-state index in [0.29, 0.717) is 22.3 Å². The fraction of sp³-hybridized carbons (Fsp3) is 0.0435. The number of benzene rings is 8. The number of hydrogen-bond donors (Lipinski definition) is 4. The maximum Gasteiger partial charge on any atom is 0.295 e. The molecule has 0 amide bonds. The van der Waals surface area contributed by atoms with E-state index in [9.17, 15) is 51.9 Å². The fourth-order valence-corrected chi connectivity index (χ4v) is 17.9. The molecule has 8 rings (SSSR count).